The van der Waals surface area contributed by atoms with Gasteiger partial charge in [0.2, 0.25) is 0 Å². The van der Waals surface area contributed by atoms with Gasteiger partial charge < -0.3 is 15.2 Å². The fourth-order valence-corrected chi connectivity index (χ4v) is 2.62. The standard InChI is InChI=1S/C16H35NO2/c1-5-6-7-8-9-10-12-15(13-11-14-17)16(2,18-3)19-4/h15H,5-14,17H2,1-4H3. The van der Waals surface area contributed by atoms with E-state index in [1.54, 1.807) is 14.2 Å². The van der Waals surface area contributed by atoms with Crippen molar-refractivity contribution in [2.45, 2.75) is 77.4 Å². The van der Waals surface area contributed by atoms with Crippen molar-refractivity contribution in [1.29, 1.82) is 0 Å². The predicted molar refractivity (Wildman–Crippen MR) is 82.2 cm³/mol. The third-order valence-electron chi connectivity index (χ3n) is 4.22. The van der Waals surface area contributed by atoms with Crippen LogP contribution in [-0.4, -0.2) is 26.6 Å². The van der Waals surface area contributed by atoms with Gasteiger partial charge in [0.1, 0.15) is 0 Å². The number of rotatable bonds is 13. The molecule has 3 nitrogen and oxygen atoms in total. The molecule has 19 heavy (non-hydrogen) atoms. The molecule has 0 aromatic rings. The van der Waals surface area contributed by atoms with E-state index in [9.17, 15) is 0 Å². The van der Waals surface area contributed by atoms with E-state index >= 15 is 0 Å². The van der Waals surface area contributed by atoms with Crippen molar-refractivity contribution in [1.82, 2.24) is 0 Å². The van der Waals surface area contributed by atoms with Crippen LogP contribution in [0.15, 0.2) is 0 Å². The molecule has 1 unspecified atom stereocenters. The van der Waals surface area contributed by atoms with Crippen molar-refractivity contribution in [3.05, 3.63) is 0 Å². The van der Waals surface area contributed by atoms with Gasteiger partial charge in [0.05, 0.1) is 0 Å². The molecular weight excluding hydrogens is 238 g/mol. The van der Waals surface area contributed by atoms with Gasteiger partial charge in [-0.1, -0.05) is 45.4 Å². The molecule has 0 aliphatic carbocycles. The normalized spacial score (nSPS) is 13.7. The van der Waals surface area contributed by atoms with Gasteiger partial charge in [0, 0.05) is 20.1 Å². The fraction of sp³-hybridized carbons (Fsp3) is 1.00. The first-order chi connectivity index (χ1) is 9.14. The lowest BCUT2D eigenvalue weighted by Crippen LogP contribution is -2.39. The molecule has 0 bridgehead atoms. The van der Waals surface area contributed by atoms with Crippen LogP contribution in [0.2, 0.25) is 0 Å². The van der Waals surface area contributed by atoms with Crippen LogP contribution in [-0.2, 0) is 9.47 Å². The zero-order valence-corrected chi connectivity index (χ0v) is 13.5. The van der Waals surface area contributed by atoms with Crippen LogP contribution < -0.4 is 5.73 Å². The maximum Gasteiger partial charge on any atom is 0.167 e. The number of ether oxygens (including phenoxy) is 2. The van der Waals surface area contributed by atoms with Crippen molar-refractivity contribution in [3.8, 4) is 0 Å². The van der Waals surface area contributed by atoms with Crippen LogP contribution in [0.5, 0.6) is 0 Å². The summed E-state index contributed by atoms with van der Waals surface area (Å²) in [5.74, 6) is -0.0179. The minimum atomic E-state index is -0.460. The van der Waals surface area contributed by atoms with Crippen molar-refractivity contribution in [3.63, 3.8) is 0 Å². The van der Waals surface area contributed by atoms with Gasteiger partial charge in [-0.2, -0.15) is 0 Å². The lowest BCUT2D eigenvalue weighted by molar-refractivity contribution is -0.230. The third-order valence-corrected chi connectivity index (χ3v) is 4.22. The smallest absolute Gasteiger partial charge is 0.167 e. The van der Waals surface area contributed by atoms with E-state index in [-0.39, 0.29) is 0 Å². The highest BCUT2D eigenvalue weighted by atomic mass is 16.7. The molecule has 0 aromatic heterocycles. The first kappa shape index (κ1) is 18.9. The summed E-state index contributed by atoms with van der Waals surface area (Å²) in [5.41, 5.74) is 5.63. The van der Waals surface area contributed by atoms with Gasteiger partial charge in [-0.25, -0.2) is 0 Å². The molecular formula is C16H35NO2. The van der Waals surface area contributed by atoms with Gasteiger partial charge >= 0.3 is 0 Å². The fourth-order valence-electron chi connectivity index (χ4n) is 2.62. The van der Waals surface area contributed by atoms with Gasteiger partial charge in [0.15, 0.2) is 5.79 Å². The van der Waals surface area contributed by atoms with E-state index in [1.807, 2.05) is 6.92 Å². The van der Waals surface area contributed by atoms with E-state index in [0.29, 0.717) is 5.92 Å². The molecule has 0 spiro atoms. The minimum absolute atomic E-state index is 0.442. The van der Waals surface area contributed by atoms with Crippen molar-refractivity contribution in [2.24, 2.45) is 11.7 Å². The molecule has 0 aromatic carbocycles. The largest absolute Gasteiger partial charge is 0.353 e. The molecule has 0 heterocycles. The summed E-state index contributed by atoms with van der Waals surface area (Å²) in [6.45, 7) is 5.05. The molecule has 0 saturated carbocycles. The number of hydrogen-bond acceptors (Lipinski definition) is 3. The van der Waals surface area contributed by atoms with E-state index < -0.39 is 5.79 Å². The summed E-state index contributed by atoms with van der Waals surface area (Å²) in [4.78, 5) is 0. The Bertz CT molecular complexity index is 193. The molecule has 0 radical (unpaired) electrons. The van der Waals surface area contributed by atoms with Crippen LogP contribution >= 0.6 is 0 Å². The highest BCUT2D eigenvalue weighted by molar-refractivity contribution is 4.75. The third kappa shape index (κ3) is 7.91. The first-order valence-electron chi connectivity index (χ1n) is 7.95. The number of unbranched alkanes of at least 4 members (excludes halogenated alkanes) is 5. The Morgan fingerprint density at radius 1 is 0.895 bits per heavy atom. The zero-order valence-electron chi connectivity index (χ0n) is 13.5. The monoisotopic (exact) mass is 273 g/mol. The van der Waals surface area contributed by atoms with Gasteiger partial charge in [0.25, 0.3) is 0 Å². The molecule has 0 rings (SSSR count). The Hall–Kier alpha value is -0.120. The maximum absolute atomic E-state index is 5.63. The van der Waals surface area contributed by atoms with Crippen LogP contribution in [0.4, 0.5) is 0 Å². The minimum Gasteiger partial charge on any atom is -0.353 e. The Balaban J connectivity index is 4.05. The Morgan fingerprint density at radius 2 is 1.42 bits per heavy atom. The van der Waals surface area contributed by atoms with Crippen LogP contribution in [0, 0.1) is 5.92 Å². The van der Waals surface area contributed by atoms with Crippen molar-refractivity contribution < 1.29 is 9.47 Å². The average Bonchev–Trinajstić information content (AvgIpc) is 2.45. The van der Waals surface area contributed by atoms with E-state index in [4.69, 9.17) is 15.2 Å². The second-order valence-corrected chi connectivity index (χ2v) is 5.61. The predicted octanol–water partition coefficient (Wildman–Crippen LogP) is 4.10. The topological polar surface area (TPSA) is 44.5 Å². The number of hydrogen-bond donors (Lipinski definition) is 1. The first-order valence-corrected chi connectivity index (χ1v) is 7.95. The van der Waals surface area contributed by atoms with E-state index in [0.717, 1.165) is 19.4 Å². The summed E-state index contributed by atoms with van der Waals surface area (Å²) in [6.07, 6.45) is 11.3. The summed E-state index contributed by atoms with van der Waals surface area (Å²) >= 11 is 0. The number of methoxy groups -OCH3 is 2. The van der Waals surface area contributed by atoms with Crippen LogP contribution in [0.3, 0.4) is 0 Å². The number of nitrogens with two attached hydrogens (primary N) is 1. The average molecular weight is 273 g/mol. The molecule has 116 valence electrons. The Morgan fingerprint density at radius 3 is 1.95 bits per heavy atom. The van der Waals surface area contributed by atoms with Crippen LogP contribution in [0.25, 0.3) is 0 Å². The lowest BCUT2D eigenvalue weighted by atomic mass is 9.88. The summed E-state index contributed by atoms with van der Waals surface area (Å²) < 4.78 is 11.2. The van der Waals surface area contributed by atoms with Crippen LogP contribution in [0.1, 0.15) is 71.6 Å². The van der Waals surface area contributed by atoms with Gasteiger partial charge in [-0.05, 0) is 32.7 Å². The summed E-state index contributed by atoms with van der Waals surface area (Å²) in [5, 5.41) is 0. The molecule has 0 amide bonds. The quantitative estimate of drug-likeness (QED) is 0.406. The summed E-state index contributed by atoms with van der Waals surface area (Å²) in [7, 11) is 3.47. The molecule has 0 aliphatic heterocycles. The molecule has 2 N–H and O–H groups in total. The maximum atomic E-state index is 5.63. The highest BCUT2D eigenvalue weighted by Gasteiger charge is 2.33. The second kappa shape index (κ2) is 11.7. The van der Waals surface area contributed by atoms with Gasteiger partial charge in [-0.15, -0.1) is 0 Å². The second-order valence-electron chi connectivity index (χ2n) is 5.61. The molecule has 0 saturated heterocycles. The Labute approximate surface area is 120 Å². The summed E-state index contributed by atoms with van der Waals surface area (Å²) in [6, 6.07) is 0. The van der Waals surface area contributed by atoms with E-state index in [2.05, 4.69) is 6.92 Å². The zero-order chi connectivity index (χ0) is 14.6. The SMILES string of the molecule is CCCCCCCCC(CCCN)C(C)(OC)OC. The molecule has 3 heteroatoms. The Kier molecular flexibility index (Phi) is 11.6. The van der Waals surface area contributed by atoms with Gasteiger partial charge in [-0.3, -0.25) is 0 Å². The van der Waals surface area contributed by atoms with Crippen molar-refractivity contribution >= 4 is 0 Å². The molecule has 0 fully saturated rings. The lowest BCUT2D eigenvalue weighted by Gasteiger charge is -2.35. The molecule has 0 aliphatic rings. The molecule has 1 atom stereocenters. The van der Waals surface area contributed by atoms with Crippen molar-refractivity contribution in [2.75, 3.05) is 20.8 Å². The van der Waals surface area contributed by atoms with E-state index in [1.165, 1.54) is 44.9 Å². The highest BCUT2D eigenvalue weighted by Crippen LogP contribution is 2.31.